The number of rotatable bonds is 5. The highest BCUT2D eigenvalue weighted by Gasteiger charge is 2.17. The van der Waals surface area contributed by atoms with E-state index in [4.69, 9.17) is 9.52 Å². The minimum Gasteiger partial charge on any atom is -0.451 e. The van der Waals surface area contributed by atoms with Crippen molar-refractivity contribution >= 4 is 16.9 Å². The van der Waals surface area contributed by atoms with Crippen LogP contribution in [0.5, 0.6) is 0 Å². The molecule has 1 heterocycles. The Balaban J connectivity index is 2.37. The van der Waals surface area contributed by atoms with Gasteiger partial charge >= 0.3 is 0 Å². The van der Waals surface area contributed by atoms with Gasteiger partial charge in [-0.25, -0.2) is 0 Å². The fraction of sp³-hybridized carbons (Fsp3) is 0.333. The Kier molecular flexibility index (Phi) is 4.53. The lowest BCUT2D eigenvalue weighted by Gasteiger charge is -2.19. The zero-order chi connectivity index (χ0) is 14.5. The molecule has 5 nitrogen and oxygen atoms in total. The maximum Gasteiger partial charge on any atom is 0.289 e. The lowest BCUT2D eigenvalue weighted by molar-refractivity contribution is 0.0723. The van der Waals surface area contributed by atoms with Gasteiger partial charge in [0.15, 0.2) is 11.2 Å². The normalized spacial score (nSPS) is 10.7. The predicted molar refractivity (Wildman–Crippen MR) is 75.8 cm³/mol. The van der Waals surface area contributed by atoms with Gasteiger partial charge in [0.1, 0.15) is 5.58 Å². The van der Waals surface area contributed by atoms with Crippen LogP contribution in [0.3, 0.4) is 0 Å². The van der Waals surface area contributed by atoms with Crippen molar-refractivity contribution < 1.29 is 14.3 Å². The van der Waals surface area contributed by atoms with Gasteiger partial charge in [-0.05, 0) is 25.5 Å². The molecule has 106 valence electrons. The number of hydrogen-bond donors (Lipinski definition) is 1. The monoisotopic (exact) mass is 275 g/mol. The zero-order valence-corrected chi connectivity index (χ0v) is 11.3. The molecule has 0 saturated carbocycles. The van der Waals surface area contributed by atoms with E-state index >= 15 is 0 Å². The van der Waals surface area contributed by atoms with Crippen LogP contribution in [-0.4, -0.2) is 35.6 Å². The largest absolute Gasteiger partial charge is 0.451 e. The summed E-state index contributed by atoms with van der Waals surface area (Å²) in [7, 11) is 0. The van der Waals surface area contributed by atoms with Gasteiger partial charge in [0.05, 0.1) is 5.39 Å². The third-order valence-corrected chi connectivity index (χ3v) is 3.10. The third-order valence-electron chi connectivity index (χ3n) is 3.10. The number of amides is 1. The Labute approximate surface area is 116 Å². The fourth-order valence-electron chi connectivity index (χ4n) is 2.03. The van der Waals surface area contributed by atoms with Gasteiger partial charge in [-0.3, -0.25) is 9.59 Å². The van der Waals surface area contributed by atoms with Gasteiger partial charge < -0.3 is 14.4 Å². The number of hydrogen-bond acceptors (Lipinski definition) is 4. The Bertz CT molecular complexity index is 662. The first-order valence-electron chi connectivity index (χ1n) is 6.60. The van der Waals surface area contributed by atoms with Crippen molar-refractivity contribution in [3.8, 4) is 0 Å². The van der Waals surface area contributed by atoms with Gasteiger partial charge in [0.25, 0.3) is 5.91 Å². The van der Waals surface area contributed by atoms with Crippen LogP contribution in [0.25, 0.3) is 11.0 Å². The number of para-hydroxylation sites is 1. The van der Waals surface area contributed by atoms with E-state index in [9.17, 15) is 9.59 Å². The van der Waals surface area contributed by atoms with E-state index in [-0.39, 0.29) is 23.7 Å². The molecule has 0 aliphatic rings. The molecule has 1 aromatic carbocycles. The zero-order valence-electron chi connectivity index (χ0n) is 11.3. The molecule has 0 spiro atoms. The average Bonchev–Trinajstić information content (AvgIpc) is 2.47. The highest BCUT2D eigenvalue weighted by Crippen LogP contribution is 2.13. The number of carbonyl (C=O) groups excluding carboxylic acids is 1. The van der Waals surface area contributed by atoms with Crippen LogP contribution < -0.4 is 5.43 Å². The van der Waals surface area contributed by atoms with Crippen LogP contribution in [-0.2, 0) is 0 Å². The molecule has 1 amide bonds. The summed E-state index contributed by atoms with van der Waals surface area (Å²) in [5.41, 5.74) is 0.176. The standard InChI is InChI=1S/C15H17NO4/c1-2-16(8-5-9-17)15(19)14-10-12(18)11-6-3-4-7-13(11)20-14/h3-4,6-7,10,17H,2,5,8-9H2,1H3. The number of nitrogens with zero attached hydrogens (tertiary/aromatic N) is 1. The molecule has 0 bridgehead atoms. The minimum atomic E-state index is -0.330. The second-order valence-corrected chi connectivity index (χ2v) is 4.43. The van der Waals surface area contributed by atoms with E-state index in [0.29, 0.717) is 30.5 Å². The molecule has 0 fully saturated rings. The second-order valence-electron chi connectivity index (χ2n) is 4.43. The predicted octanol–water partition coefficient (Wildman–Crippen LogP) is 1.64. The number of carbonyl (C=O) groups is 1. The molecule has 2 rings (SSSR count). The van der Waals surface area contributed by atoms with Gasteiger partial charge in [-0.15, -0.1) is 0 Å². The SMILES string of the molecule is CCN(CCCO)C(=O)c1cc(=O)c2ccccc2o1. The van der Waals surface area contributed by atoms with Crippen LogP contribution in [0.2, 0.25) is 0 Å². The third kappa shape index (κ3) is 2.88. The van der Waals surface area contributed by atoms with Crippen LogP contribution in [0.4, 0.5) is 0 Å². The van der Waals surface area contributed by atoms with Gasteiger partial charge in [0.2, 0.25) is 0 Å². The van der Waals surface area contributed by atoms with Crippen molar-refractivity contribution in [3.63, 3.8) is 0 Å². The summed E-state index contributed by atoms with van der Waals surface area (Å²) in [4.78, 5) is 25.8. The van der Waals surface area contributed by atoms with Crippen LogP contribution in [0.15, 0.2) is 39.5 Å². The first-order valence-corrected chi connectivity index (χ1v) is 6.60. The topological polar surface area (TPSA) is 70.8 Å². The molecule has 0 atom stereocenters. The van der Waals surface area contributed by atoms with Crippen molar-refractivity contribution in [2.24, 2.45) is 0 Å². The summed E-state index contributed by atoms with van der Waals surface area (Å²) in [6.45, 7) is 2.79. The van der Waals surface area contributed by atoms with E-state index in [1.807, 2.05) is 6.92 Å². The summed E-state index contributed by atoms with van der Waals surface area (Å²) in [6.07, 6.45) is 0.497. The number of aliphatic hydroxyl groups is 1. The molecule has 1 aromatic heterocycles. The van der Waals surface area contributed by atoms with E-state index in [1.54, 1.807) is 29.2 Å². The quantitative estimate of drug-likeness (QED) is 0.900. The Morgan fingerprint density at radius 1 is 1.35 bits per heavy atom. The van der Waals surface area contributed by atoms with Crippen molar-refractivity contribution in [2.45, 2.75) is 13.3 Å². The molecule has 0 unspecified atom stereocenters. The van der Waals surface area contributed by atoms with Gasteiger partial charge in [-0.2, -0.15) is 0 Å². The summed E-state index contributed by atoms with van der Waals surface area (Å²) in [5.74, 6) is -0.294. The molecule has 20 heavy (non-hydrogen) atoms. The Morgan fingerprint density at radius 2 is 2.10 bits per heavy atom. The number of fused-ring (bicyclic) bond motifs is 1. The van der Waals surface area contributed by atoms with E-state index in [2.05, 4.69) is 0 Å². The van der Waals surface area contributed by atoms with Crippen molar-refractivity contribution in [1.29, 1.82) is 0 Å². The van der Waals surface area contributed by atoms with Gasteiger partial charge in [-0.1, -0.05) is 12.1 Å². The summed E-state index contributed by atoms with van der Waals surface area (Å²) in [5, 5.41) is 9.30. The Morgan fingerprint density at radius 3 is 2.80 bits per heavy atom. The highest BCUT2D eigenvalue weighted by atomic mass is 16.3. The first-order chi connectivity index (χ1) is 9.67. The molecule has 1 N–H and O–H groups in total. The fourth-order valence-corrected chi connectivity index (χ4v) is 2.03. The molecule has 5 heteroatoms. The van der Waals surface area contributed by atoms with Gasteiger partial charge in [0, 0.05) is 25.8 Å². The van der Waals surface area contributed by atoms with Crippen molar-refractivity contribution in [1.82, 2.24) is 4.90 Å². The lowest BCUT2D eigenvalue weighted by atomic mass is 10.2. The summed E-state index contributed by atoms with van der Waals surface area (Å²) in [6, 6.07) is 8.06. The molecular formula is C15H17NO4. The highest BCUT2D eigenvalue weighted by molar-refractivity contribution is 5.93. The smallest absolute Gasteiger partial charge is 0.289 e. The van der Waals surface area contributed by atoms with E-state index in [1.165, 1.54) is 6.07 Å². The maximum absolute atomic E-state index is 12.3. The second kappa shape index (κ2) is 6.34. The molecule has 0 aliphatic carbocycles. The molecule has 0 saturated heterocycles. The van der Waals surface area contributed by atoms with Crippen LogP contribution in [0.1, 0.15) is 23.9 Å². The molecule has 2 aromatic rings. The van der Waals surface area contributed by atoms with Crippen molar-refractivity contribution in [2.75, 3.05) is 19.7 Å². The van der Waals surface area contributed by atoms with E-state index < -0.39 is 0 Å². The molecular weight excluding hydrogens is 258 g/mol. The van der Waals surface area contributed by atoms with E-state index in [0.717, 1.165) is 0 Å². The van der Waals surface area contributed by atoms with Crippen molar-refractivity contribution in [3.05, 3.63) is 46.3 Å². The first kappa shape index (κ1) is 14.3. The average molecular weight is 275 g/mol. The van der Waals surface area contributed by atoms with Crippen LogP contribution in [0, 0.1) is 0 Å². The minimum absolute atomic E-state index is 0.0193. The number of benzene rings is 1. The maximum atomic E-state index is 12.3. The Hall–Kier alpha value is -2.14. The lowest BCUT2D eigenvalue weighted by Crippen LogP contribution is -2.32. The van der Waals surface area contributed by atoms with Crippen LogP contribution >= 0.6 is 0 Å². The molecule has 0 radical (unpaired) electrons. The summed E-state index contributed by atoms with van der Waals surface area (Å²) < 4.78 is 5.51. The summed E-state index contributed by atoms with van der Waals surface area (Å²) >= 11 is 0. The molecule has 0 aliphatic heterocycles. The number of aliphatic hydroxyl groups excluding tert-OH is 1.